The average Bonchev–Trinajstić information content (AvgIpc) is 3.05. The van der Waals surface area contributed by atoms with Gasteiger partial charge in [0.2, 0.25) is 0 Å². The maximum Gasteiger partial charge on any atom is 0.0397 e. The second kappa shape index (κ2) is 15.9. The van der Waals surface area contributed by atoms with Crippen LogP contribution in [-0.2, 0) is 0 Å². The van der Waals surface area contributed by atoms with Crippen molar-refractivity contribution in [2.75, 3.05) is 0 Å². The molecule has 0 N–H and O–H groups in total. The number of nitrogens with zero attached hydrogens (tertiary/aromatic N) is 1. The zero-order valence-corrected chi connectivity index (χ0v) is 25.4. The number of hydrogen-bond acceptors (Lipinski definition) is 1. The molecule has 4 rings (SSSR count). The average molecular weight is 490 g/mol. The van der Waals surface area contributed by atoms with Crippen LogP contribution in [0.25, 0.3) is 16.3 Å². The molecule has 1 heterocycles. The van der Waals surface area contributed by atoms with Crippen molar-refractivity contribution in [2.45, 2.75) is 108 Å². The van der Waals surface area contributed by atoms with Crippen molar-refractivity contribution in [1.29, 1.82) is 0 Å². The third kappa shape index (κ3) is 10.1. The molecule has 0 aromatic heterocycles. The first kappa shape index (κ1) is 31.9. The van der Waals surface area contributed by atoms with Gasteiger partial charge >= 0.3 is 0 Å². The number of hydrogen-bond donors (Lipinski definition) is 0. The lowest BCUT2D eigenvalue weighted by atomic mass is 9.82. The van der Waals surface area contributed by atoms with E-state index < -0.39 is 0 Å². The molecule has 1 aliphatic heterocycles. The highest BCUT2D eigenvalue weighted by Gasteiger charge is 2.19. The van der Waals surface area contributed by atoms with E-state index in [0.717, 1.165) is 17.5 Å². The number of fused-ring (bicyclic) bond motifs is 1. The number of allylic oxidation sites excluding steroid dienone is 4. The predicted molar refractivity (Wildman–Crippen MR) is 166 cm³/mol. The van der Waals surface area contributed by atoms with E-state index in [1.54, 1.807) is 0 Å². The predicted octanol–water partition coefficient (Wildman–Crippen LogP) is 11.5. The molecule has 36 heavy (non-hydrogen) atoms. The van der Waals surface area contributed by atoms with Crippen molar-refractivity contribution >= 4 is 22.6 Å². The summed E-state index contributed by atoms with van der Waals surface area (Å²) >= 11 is 0. The summed E-state index contributed by atoms with van der Waals surface area (Å²) in [4.78, 5) is 4.74. The molecule has 0 spiro atoms. The smallest absolute Gasteiger partial charge is 0.0397 e. The van der Waals surface area contributed by atoms with Gasteiger partial charge in [0.05, 0.1) is 0 Å². The van der Waals surface area contributed by atoms with Gasteiger partial charge in [0.1, 0.15) is 0 Å². The number of aryl methyl sites for hydroxylation is 1. The summed E-state index contributed by atoms with van der Waals surface area (Å²) in [5.74, 6) is 2.53. The van der Waals surface area contributed by atoms with Crippen molar-refractivity contribution in [3.05, 3.63) is 65.4 Å². The summed E-state index contributed by atoms with van der Waals surface area (Å²) in [6.07, 6.45) is 14.0. The fourth-order valence-electron chi connectivity index (χ4n) is 4.80. The molecule has 0 bridgehead atoms. The molecule has 200 valence electrons. The molecule has 0 saturated heterocycles. The van der Waals surface area contributed by atoms with E-state index in [0.29, 0.717) is 5.92 Å². The normalized spacial score (nSPS) is 20.4. The molecule has 0 radical (unpaired) electrons. The zero-order chi connectivity index (χ0) is 27.3. The van der Waals surface area contributed by atoms with Crippen LogP contribution in [0.4, 0.5) is 0 Å². The summed E-state index contributed by atoms with van der Waals surface area (Å²) in [5, 5.41) is 2.57. The number of aliphatic imine (C=N–C) groups is 1. The van der Waals surface area contributed by atoms with Crippen LogP contribution < -0.4 is 0 Å². The maximum atomic E-state index is 4.74. The van der Waals surface area contributed by atoms with Gasteiger partial charge in [0.25, 0.3) is 0 Å². The quantitative estimate of drug-likeness (QED) is 0.406. The minimum absolute atomic E-state index is 0.00761. The van der Waals surface area contributed by atoms with Crippen molar-refractivity contribution in [3.63, 3.8) is 0 Å². The maximum absolute atomic E-state index is 4.74. The zero-order valence-electron chi connectivity index (χ0n) is 25.4. The Kier molecular flexibility index (Phi) is 14.0. The van der Waals surface area contributed by atoms with E-state index in [9.17, 15) is 0 Å². The number of benzene rings is 2. The molecule has 1 nitrogen and oxygen atoms in total. The van der Waals surface area contributed by atoms with Gasteiger partial charge in [-0.1, -0.05) is 149 Å². The second-order valence-corrected chi connectivity index (χ2v) is 11.0. The Labute approximate surface area is 224 Å². The van der Waals surface area contributed by atoms with Crippen LogP contribution >= 0.6 is 0 Å². The Hall–Kier alpha value is -2.15. The third-order valence-electron chi connectivity index (χ3n) is 7.03. The lowest BCUT2D eigenvalue weighted by molar-refractivity contribution is 0.284. The molecule has 1 saturated carbocycles. The van der Waals surface area contributed by atoms with Gasteiger partial charge in [-0.3, -0.25) is 4.99 Å². The van der Waals surface area contributed by atoms with Crippen molar-refractivity contribution < 1.29 is 0 Å². The van der Waals surface area contributed by atoms with E-state index in [4.69, 9.17) is 4.99 Å². The van der Waals surface area contributed by atoms with E-state index in [2.05, 4.69) is 97.0 Å². The van der Waals surface area contributed by atoms with E-state index in [1.807, 2.05) is 33.9 Å². The SMILES string of the molecule is CC.CC.CCC1CCC(C)CC1.Cc1ccc2cc(C3=CC(C)(C)C=C(C(C)C)N=C3)ccc2c1. The van der Waals surface area contributed by atoms with Gasteiger partial charge in [-0.15, -0.1) is 0 Å². The van der Waals surface area contributed by atoms with Gasteiger partial charge in [0.15, 0.2) is 0 Å². The van der Waals surface area contributed by atoms with Crippen molar-refractivity contribution in [1.82, 2.24) is 0 Å². The standard InChI is InChI=1S/C22H25N.C9H18.2C2H6/c1-15(2)21-13-22(4,5)12-20(14-23-21)19-9-8-17-10-16(3)6-7-18(17)11-19;1-3-9-6-4-8(2)5-7-9;2*1-2/h6-15H,1-5H3;8-9H,3-7H2,1-2H3;2*1-2H3. The molecule has 2 aromatic carbocycles. The van der Waals surface area contributed by atoms with Gasteiger partial charge in [0, 0.05) is 17.3 Å². The van der Waals surface area contributed by atoms with E-state index in [-0.39, 0.29) is 5.41 Å². The molecule has 2 aromatic rings. The van der Waals surface area contributed by atoms with Crippen molar-refractivity contribution in [3.8, 4) is 0 Å². The molecule has 1 heteroatoms. The van der Waals surface area contributed by atoms with Crippen LogP contribution in [0.3, 0.4) is 0 Å². The van der Waals surface area contributed by atoms with Crippen LogP contribution in [0.15, 0.2) is 59.2 Å². The topological polar surface area (TPSA) is 12.4 Å². The summed E-state index contributed by atoms with van der Waals surface area (Å²) < 4.78 is 0. The Balaban J connectivity index is 0.000000417. The van der Waals surface area contributed by atoms with Gasteiger partial charge in [-0.2, -0.15) is 0 Å². The fraction of sp³-hybridized carbons (Fsp3) is 0.571. The molecular formula is C35H55N. The van der Waals surface area contributed by atoms with Gasteiger partial charge in [-0.05, 0) is 52.7 Å². The number of rotatable bonds is 3. The van der Waals surface area contributed by atoms with Crippen molar-refractivity contribution in [2.24, 2.45) is 28.2 Å². The highest BCUT2D eigenvalue weighted by Crippen LogP contribution is 2.32. The molecule has 1 fully saturated rings. The Morgan fingerprint density at radius 3 is 2.03 bits per heavy atom. The fourth-order valence-corrected chi connectivity index (χ4v) is 4.80. The largest absolute Gasteiger partial charge is 0.261 e. The summed E-state index contributed by atoms with van der Waals surface area (Å²) in [6.45, 7) is 23.7. The molecule has 0 atom stereocenters. The van der Waals surface area contributed by atoms with Crippen LogP contribution in [0.5, 0.6) is 0 Å². The van der Waals surface area contributed by atoms with Crippen LogP contribution in [-0.4, -0.2) is 6.21 Å². The van der Waals surface area contributed by atoms with E-state index >= 15 is 0 Å². The molecule has 0 amide bonds. The molecule has 0 unspecified atom stereocenters. The Morgan fingerprint density at radius 1 is 0.861 bits per heavy atom. The first-order chi connectivity index (χ1) is 17.2. The molecule has 1 aliphatic carbocycles. The van der Waals surface area contributed by atoms with Crippen LogP contribution in [0.2, 0.25) is 0 Å². The summed E-state index contributed by atoms with van der Waals surface area (Å²) in [5.41, 5.74) is 4.90. The lowest BCUT2D eigenvalue weighted by Gasteiger charge is -2.24. The summed E-state index contributed by atoms with van der Waals surface area (Å²) in [6, 6.07) is 13.3. The minimum atomic E-state index is 0.00761. The van der Waals surface area contributed by atoms with Gasteiger partial charge < -0.3 is 0 Å². The third-order valence-corrected chi connectivity index (χ3v) is 7.03. The Bertz CT molecular complexity index is 994. The monoisotopic (exact) mass is 489 g/mol. The second-order valence-electron chi connectivity index (χ2n) is 11.0. The molecule has 2 aliphatic rings. The van der Waals surface area contributed by atoms with Crippen LogP contribution in [0.1, 0.15) is 112 Å². The summed E-state index contributed by atoms with van der Waals surface area (Å²) in [7, 11) is 0. The highest BCUT2D eigenvalue weighted by atomic mass is 14.7. The lowest BCUT2D eigenvalue weighted by Crippen LogP contribution is -2.10. The first-order valence-corrected chi connectivity index (χ1v) is 14.7. The minimum Gasteiger partial charge on any atom is -0.261 e. The van der Waals surface area contributed by atoms with Crippen LogP contribution in [0, 0.1) is 30.1 Å². The van der Waals surface area contributed by atoms with E-state index in [1.165, 1.54) is 59.6 Å². The Morgan fingerprint density at radius 2 is 1.44 bits per heavy atom. The highest BCUT2D eigenvalue weighted by molar-refractivity contribution is 6.11. The first-order valence-electron chi connectivity index (χ1n) is 14.7. The molecular weight excluding hydrogens is 434 g/mol. The van der Waals surface area contributed by atoms with Gasteiger partial charge in [-0.25, -0.2) is 0 Å².